The monoisotopic (exact) mass is 293 g/mol. The largest absolute Gasteiger partial charge is 0.336 e. The molecule has 0 aliphatic carbocycles. The molecule has 0 aliphatic rings. The summed E-state index contributed by atoms with van der Waals surface area (Å²) in [5.41, 5.74) is 0.470. The SMILES string of the molecule is CC(C)(C)C(Cn1ccnc1)NCc1ccc(F)cc1F. The number of rotatable bonds is 5. The summed E-state index contributed by atoms with van der Waals surface area (Å²) in [5, 5.41) is 3.36. The van der Waals surface area contributed by atoms with Gasteiger partial charge in [-0.1, -0.05) is 26.8 Å². The number of imidazole rings is 1. The van der Waals surface area contributed by atoms with Crippen molar-refractivity contribution in [3.8, 4) is 0 Å². The van der Waals surface area contributed by atoms with Gasteiger partial charge in [0.1, 0.15) is 11.6 Å². The van der Waals surface area contributed by atoms with Crippen LogP contribution in [0.15, 0.2) is 36.9 Å². The molecule has 1 heterocycles. The van der Waals surface area contributed by atoms with Crippen LogP contribution < -0.4 is 5.32 Å². The van der Waals surface area contributed by atoms with E-state index in [4.69, 9.17) is 0 Å². The first kappa shape index (κ1) is 15.6. The summed E-state index contributed by atoms with van der Waals surface area (Å²) in [7, 11) is 0. The molecule has 0 aliphatic heterocycles. The molecule has 21 heavy (non-hydrogen) atoms. The second-order valence-electron chi connectivity index (χ2n) is 6.29. The molecule has 2 aromatic rings. The minimum Gasteiger partial charge on any atom is -0.336 e. The molecule has 3 nitrogen and oxygen atoms in total. The number of nitrogens with one attached hydrogen (secondary N) is 1. The van der Waals surface area contributed by atoms with Crippen molar-refractivity contribution in [1.29, 1.82) is 0 Å². The van der Waals surface area contributed by atoms with Crippen LogP contribution in [-0.4, -0.2) is 15.6 Å². The number of aromatic nitrogens is 2. The fourth-order valence-electron chi connectivity index (χ4n) is 2.15. The molecule has 0 radical (unpaired) electrons. The van der Waals surface area contributed by atoms with Crippen LogP contribution in [0.5, 0.6) is 0 Å². The third-order valence-corrected chi connectivity index (χ3v) is 3.55. The second-order valence-corrected chi connectivity index (χ2v) is 6.29. The molecule has 1 N–H and O–H groups in total. The molecule has 0 fully saturated rings. The molecule has 1 aromatic carbocycles. The van der Waals surface area contributed by atoms with Crippen LogP contribution in [0.1, 0.15) is 26.3 Å². The Hall–Kier alpha value is -1.75. The Bertz CT molecular complexity index is 574. The van der Waals surface area contributed by atoms with E-state index in [1.165, 1.54) is 12.1 Å². The Balaban J connectivity index is 2.05. The Kier molecular flexibility index (Phi) is 4.73. The van der Waals surface area contributed by atoms with Crippen molar-refractivity contribution in [2.24, 2.45) is 5.41 Å². The van der Waals surface area contributed by atoms with Gasteiger partial charge in [-0.3, -0.25) is 0 Å². The topological polar surface area (TPSA) is 29.9 Å². The van der Waals surface area contributed by atoms with E-state index in [1.807, 2.05) is 10.8 Å². The highest BCUT2D eigenvalue weighted by Gasteiger charge is 2.24. The van der Waals surface area contributed by atoms with Crippen molar-refractivity contribution in [2.45, 2.75) is 39.9 Å². The smallest absolute Gasteiger partial charge is 0.130 e. The van der Waals surface area contributed by atoms with Gasteiger partial charge in [0.15, 0.2) is 0 Å². The van der Waals surface area contributed by atoms with E-state index in [2.05, 4.69) is 31.1 Å². The number of benzene rings is 1. The Morgan fingerprint density at radius 3 is 2.62 bits per heavy atom. The number of nitrogens with zero attached hydrogens (tertiary/aromatic N) is 2. The highest BCUT2D eigenvalue weighted by atomic mass is 19.1. The van der Waals surface area contributed by atoms with E-state index in [9.17, 15) is 8.78 Å². The van der Waals surface area contributed by atoms with Gasteiger partial charge in [0, 0.05) is 43.2 Å². The molecular weight excluding hydrogens is 272 g/mol. The molecule has 1 atom stereocenters. The molecule has 5 heteroatoms. The maximum atomic E-state index is 13.7. The van der Waals surface area contributed by atoms with Crippen molar-refractivity contribution in [2.75, 3.05) is 0 Å². The van der Waals surface area contributed by atoms with E-state index in [1.54, 1.807) is 12.5 Å². The predicted octanol–water partition coefficient (Wildman–Crippen LogP) is 3.37. The molecule has 1 aromatic heterocycles. The van der Waals surface area contributed by atoms with Gasteiger partial charge in [0.05, 0.1) is 6.33 Å². The molecule has 0 saturated heterocycles. The van der Waals surface area contributed by atoms with Crippen LogP contribution in [0, 0.1) is 17.0 Å². The first-order chi connectivity index (χ1) is 9.86. The van der Waals surface area contributed by atoms with Gasteiger partial charge in [0.25, 0.3) is 0 Å². The lowest BCUT2D eigenvalue weighted by atomic mass is 9.86. The van der Waals surface area contributed by atoms with Crippen LogP contribution in [0.3, 0.4) is 0 Å². The Morgan fingerprint density at radius 2 is 2.05 bits per heavy atom. The molecule has 114 valence electrons. The third-order valence-electron chi connectivity index (χ3n) is 3.55. The van der Waals surface area contributed by atoms with Gasteiger partial charge in [-0.25, -0.2) is 13.8 Å². The third kappa shape index (κ3) is 4.36. The summed E-state index contributed by atoms with van der Waals surface area (Å²) in [4.78, 5) is 4.03. The van der Waals surface area contributed by atoms with Crippen LogP contribution in [0.2, 0.25) is 0 Å². The van der Waals surface area contributed by atoms with Crippen LogP contribution >= 0.6 is 0 Å². The molecule has 0 amide bonds. The zero-order valence-corrected chi connectivity index (χ0v) is 12.6. The average Bonchev–Trinajstić information content (AvgIpc) is 2.87. The van der Waals surface area contributed by atoms with Gasteiger partial charge in [-0.05, 0) is 11.5 Å². The van der Waals surface area contributed by atoms with Gasteiger partial charge in [-0.2, -0.15) is 0 Å². The maximum Gasteiger partial charge on any atom is 0.130 e. The Morgan fingerprint density at radius 1 is 1.29 bits per heavy atom. The first-order valence-electron chi connectivity index (χ1n) is 6.99. The van der Waals surface area contributed by atoms with Crippen LogP contribution in [0.4, 0.5) is 8.78 Å². The van der Waals surface area contributed by atoms with Gasteiger partial charge < -0.3 is 9.88 Å². The number of halogens is 2. The van der Waals surface area contributed by atoms with Gasteiger partial charge in [-0.15, -0.1) is 0 Å². The quantitative estimate of drug-likeness (QED) is 0.916. The van der Waals surface area contributed by atoms with Crippen LogP contribution in [-0.2, 0) is 13.1 Å². The van der Waals surface area contributed by atoms with Crippen molar-refractivity contribution >= 4 is 0 Å². The molecular formula is C16H21F2N3. The summed E-state index contributed by atoms with van der Waals surface area (Å²) in [5.74, 6) is -1.07. The second kappa shape index (κ2) is 6.35. The summed E-state index contributed by atoms with van der Waals surface area (Å²) in [6, 6.07) is 3.81. The average molecular weight is 293 g/mol. The zero-order chi connectivity index (χ0) is 15.5. The minimum atomic E-state index is -0.554. The summed E-state index contributed by atoms with van der Waals surface area (Å²) < 4.78 is 28.6. The van der Waals surface area contributed by atoms with Crippen LogP contribution in [0.25, 0.3) is 0 Å². The first-order valence-corrected chi connectivity index (χ1v) is 6.99. The van der Waals surface area contributed by atoms with E-state index in [0.29, 0.717) is 12.1 Å². The number of hydrogen-bond donors (Lipinski definition) is 1. The van der Waals surface area contributed by atoms with Crippen molar-refractivity contribution < 1.29 is 8.78 Å². The van der Waals surface area contributed by atoms with Crippen molar-refractivity contribution in [3.63, 3.8) is 0 Å². The number of hydrogen-bond acceptors (Lipinski definition) is 2. The van der Waals surface area contributed by atoms with Crippen molar-refractivity contribution in [3.05, 3.63) is 54.1 Å². The van der Waals surface area contributed by atoms with Gasteiger partial charge in [0.2, 0.25) is 0 Å². The minimum absolute atomic E-state index is 0.000770. The lowest BCUT2D eigenvalue weighted by molar-refractivity contribution is 0.239. The van der Waals surface area contributed by atoms with E-state index in [0.717, 1.165) is 12.6 Å². The highest BCUT2D eigenvalue weighted by Crippen LogP contribution is 2.21. The van der Waals surface area contributed by atoms with E-state index >= 15 is 0 Å². The lowest BCUT2D eigenvalue weighted by Crippen LogP contribution is -2.43. The maximum absolute atomic E-state index is 13.7. The molecule has 1 unspecified atom stereocenters. The zero-order valence-electron chi connectivity index (χ0n) is 12.6. The van der Waals surface area contributed by atoms with Gasteiger partial charge >= 0.3 is 0 Å². The standard InChI is InChI=1S/C16H21F2N3/c1-16(2,3)15(10-21-7-6-19-11-21)20-9-12-4-5-13(17)8-14(12)18/h4-8,11,15,20H,9-10H2,1-3H3. The Labute approximate surface area is 124 Å². The molecule has 0 saturated carbocycles. The van der Waals surface area contributed by atoms with E-state index in [-0.39, 0.29) is 11.5 Å². The molecule has 0 spiro atoms. The van der Waals surface area contributed by atoms with Crippen molar-refractivity contribution in [1.82, 2.24) is 14.9 Å². The summed E-state index contributed by atoms with van der Waals surface area (Å²) >= 11 is 0. The lowest BCUT2D eigenvalue weighted by Gasteiger charge is -2.32. The summed E-state index contributed by atoms with van der Waals surface area (Å²) in [6.45, 7) is 7.49. The predicted molar refractivity (Wildman–Crippen MR) is 78.7 cm³/mol. The molecule has 0 bridgehead atoms. The molecule has 2 rings (SSSR count). The van der Waals surface area contributed by atoms with E-state index < -0.39 is 11.6 Å². The summed E-state index contributed by atoms with van der Waals surface area (Å²) in [6.07, 6.45) is 5.40. The fraction of sp³-hybridized carbons (Fsp3) is 0.438. The fourth-order valence-corrected chi connectivity index (χ4v) is 2.15. The normalized spacial score (nSPS) is 13.4. The highest BCUT2D eigenvalue weighted by molar-refractivity contribution is 5.18.